The molecule has 1 aromatic rings. The molecule has 5 heteroatoms. The molecule has 1 unspecified atom stereocenters. The zero-order chi connectivity index (χ0) is 12.3. The Morgan fingerprint density at radius 2 is 2.25 bits per heavy atom. The molecule has 0 amide bonds. The maximum absolute atomic E-state index is 13.4. The van der Waals surface area contributed by atoms with Gasteiger partial charge in [-0.2, -0.15) is 0 Å². The fourth-order valence-corrected chi connectivity index (χ4v) is 1.44. The highest BCUT2D eigenvalue weighted by atomic mass is 19.1. The van der Waals surface area contributed by atoms with Crippen LogP contribution >= 0.6 is 0 Å². The molecule has 0 fully saturated rings. The number of methoxy groups -OCH3 is 1. The standard InChI is InChI=1S/C11H14FNO3/c1-11(13,6-10(14)15)7-3-4-9(16-2)8(12)5-7/h3-5H,6,13H2,1-2H3,(H,14,15). The van der Waals surface area contributed by atoms with Crippen LogP contribution in [0.25, 0.3) is 0 Å². The van der Waals surface area contributed by atoms with Gasteiger partial charge in [0.1, 0.15) is 0 Å². The van der Waals surface area contributed by atoms with E-state index in [0.29, 0.717) is 5.56 Å². The highest BCUT2D eigenvalue weighted by Gasteiger charge is 2.25. The number of carbonyl (C=O) groups is 1. The second kappa shape index (κ2) is 4.49. The summed E-state index contributed by atoms with van der Waals surface area (Å²) >= 11 is 0. The lowest BCUT2D eigenvalue weighted by Gasteiger charge is -2.23. The Hall–Kier alpha value is -1.62. The van der Waals surface area contributed by atoms with Gasteiger partial charge in [0.25, 0.3) is 0 Å². The van der Waals surface area contributed by atoms with Crippen LogP contribution in [-0.4, -0.2) is 18.2 Å². The SMILES string of the molecule is COc1ccc(C(C)(N)CC(=O)O)cc1F. The average Bonchev–Trinajstić information content (AvgIpc) is 2.15. The van der Waals surface area contributed by atoms with Crippen molar-refractivity contribution in [1.29, 1.82) is 0 Å². The van der Waals surface area contributed by atoms with Crippen molar-refractivity contribution in [1.82, 2.24) is 0 Å². The molecule has 0 aliphatic rings. The number of ether oxygens (including phenoxy) is 1. The first kappa shape index (κ1) is 12.4. The van der Waals surface area contributed by atoms with Crippen molar-refractivity contribution in [2.24, 2.45) is 5.73 Å². The molecular weight excluding hydrogens is 213 g/mol. The quantitative estimate of drug-likeness (QED) is 0.817. The van der Waals surface area contributed by atoms with Crippen molar-refractivity contribution in [3.63, 3.8) is 0 Å². The Morgan fingerprint density at radius 1 is 1.62 bits per heavy atom. The van der Waals surface area contributed by atoms with E-state index in [1.165, 1.54) is 19.2 Å². The molecule has 1 atom stereocenters. The zero-order valence-corrected chi connectivity index (χ0v) is 9.16. The number of rotatable bonds is 4. The predicted octanol–water partition coefficient (Wildman–Crippen LogP) is 1.48. The number of benzene rings is 1. The molecule has 0 spiro atoms. The smallest absolute Gasteiger partial charge is 0.305 e. The normalized spacial score (nSPS) is 14.2. The van der Waals surface area contributed by atoms with Crippen molar-refractivity contribution in [3.05, 3.63) is 29.6 Å². The monoisotopic (exact) mass is 227 g/mol. The summed E-state index contributed by atoms with van der Waals surface area (Å²) in [5.41, 5.74) is 5.14. The maximum atomic E-state index is 13.4. The molecule has 0 aliphatic heterocycles. The number of hydrogen-bond donors (Lipinski definition) is 2. The molecule has 1 aromatic carbocycles. The topological polar surface area (TPSA) is 72.5 Å². The van der Waals surface area contributed by atoms with Crippen molar-refractivity contribution in [2.45, 2.75) is 18.9 Å². The van der Waals surface area contributed by atoms with Crippen LogP contribution in [0.1, 0.15) is 18.9 Å². The van der Waals surface area contributed by atoms with Gasteiger partial charge in [0, 0.05) is 5.54 Å². The fourth-order valence-electron chi connectivity index (χ4n) is 1.44. The molecule has 0 aliphatic carbocycles. The summed E-state index contributed by atoms with van der Waals surface area (Å²) in [6.45, 7) is 1.54. The summed E-state index contributed by atoms with van der Waals surface area (Å²) < 4.78 is 18.2. The van der Waals surface area contributed by atoms with E-state index in [0.717, 1.165) is 0 Å². The van der Waals surface area contributed by atoms with Crippen molar-refractivity contribution in [2.75, 3.05) is 7.11 Å². The summed E-state index contributed by atoms with van der Waals surface area (Å²) in [5, 5.41) is 8.68. The maximum Gasteiger partial charge on any atom is 0.305 e. The van der Waals surface area contributed by atoms with Crippen LogP contribution < -0.4 is 10.5 Å². The summed E-state index contributed by atoms with van der Waals surface area (Å²) in [6.07, 6.45) is -0.265. The van der Waals surface area contributed by atoms with Crippen LogP contribution in [0.5, 0.6) is 5.75 Å². The van der Waals surface area contributed by atoms with E-state index in [1.807, 2.05) is 0 Å². The third-order valence-corrected chi connectivity index (χ3v) is 2.33. The fraction of sp³-hybridized carbons (Fsp3) is 0.364. The van der Waals surface area contributed by atoms with E-state index >= 15 is 0 Å². The van der Waals surface area contributed by atoms with E-state index in [1.54, 1.807) is 13.0 Å². The molecule has 0 saturated carbocycles. The van der Waals surface area contributed by atoms with E-state index in [2.05, 4.69) is 0 Å². The lowest BCUT2D eigenvalue weighted by Crippen LogP contribution is -2.35. The molecule has 3 N–H and O–H groups in total. The second-order valence-electron chi connectivity index (χ2n) is 3.84. The summed E-state index contributed by atoms with van der Waals surface area (Å²) in [5.74, 6) is -1.47. The molecule has 0 heterocycles. The molecular formula is C11H14FNO3. The molecule has 1 rings (SSSR count). The molecule has 16 heavy (non-hydrogen) atoms. The number of aliphatic carboxylic acids is 1. The number of hydrogen-bond acceptors (Lipinski definition) is 3. The molecule has 88 valence electrons. The summed E-state index contributed by atoms with van der Waals surface area (Å²) in [7, 11) is 1.36. The molecule has 0 bridgehead atoms. The number of nitrogens with two attached hydrogens (primary N) is 1. The van der Waals surface area contributed by atoms with Gasteiger partial charge < -0.3 is 15.6 Å². The summed E-state index contributed by atoms with van der Waals surface area (Å²) in [6, 6.07) is 4.18. The van der Waals surface area contributed by atoms with Crippen molar-refractivity contribution in [3.8, 4) is 5.75 Å². The Kier molecular flexibility index (Phi) is 3.49. The third-order valence-electron chi connectivity index (χ3n) is 2.33. The zero-order valence-electron chi connectivity index (χ0n) is 9.16. The van der Waals surface area contributed by atoms with Crippen molar-refractivity contribution < 1.29 is 19.0 Å². The first-order valence-corrected chi connectivity index (χ1v) is 4.71. The van der Waals surface area contributed by atoms with Gasteiger partial charge in [-0.05, 0) is 24.6 Å². The van der Waals surface area contributed by atoms with Gasteiger partial charge in [-0.1, -0.05) is 6.07 Å². The van der Waals surface area contributed by atoms with Crippen molar-refractivity contribution >= 4 is 5.97 Å². The van der Waals surface area contributed by atoms with Gasteiger partial charge in [0.05, 0.1) is 13.5 Å². The van der Waals surface area contributed by atoms with E-state index in [-0.39, 0.29) is 12.2 Å². The molecule has 0 saturated heterocycles. The lowest BCUT2D eigenvalue weighted by atomic mass is 9.90. The van der Waals surface area contributed by atoms with Crippen LogP contribution in [0.4, 0.5) is 4.39 Å². The number of halogens is 1. The van der Waals surface area contributed by atoms with Gasteiger partial charge in [0.15, 0.2) is 11.6 Å². The van der Waals surface area contributed by atoms with Gasteiger partial charge >= 0.3 is 5.97 Å². The molecule has 4 nitrogen and oxygen atoms in total. The van der Waals surface area contributed by atoms with Crippen LogP contribution in [-0.2, 0) is 10.3 Å². The first-order chi connectivity index (χ1) is 7.36. The molecule has 0 aromatic heterocycles. The van der Waals surface area contributed by atoms with E-state index < -0.39 is 17.3 Å². The Bertz CT molecular complexity index is 404. The third kappa shape index (κ3) is 2.70. The van der Waals surface area contributed by atoms with Crippen LogP contribution in [0.2, 0.25) is 0 Å². The van der Waals surface area contributed by atoms with Crippen LogP contribution in [0, 0.1) is 5.82 Å². The molecule has 0 radical (unpaired) electrons. The van der Waals surface area contributed by atoms with Gasteiger partial charge in [0.2, 0.25) is 0 Å². The predicted molar refractivity (Wildman–Crippen MR) is 56.7 cm³/mol. The average molecular weight is 227 g/mol. The second-order valence-corrected chi connectivity index (χ2v) is 3.84. The number of carboxylic acid groups (broad SMARTS) is 1. The van der Waals surface area contributed by atoms with Crippen LogP contribution in [0.3, 0.4) is 0 Å². The highest BCUT2D eigenvalue weighted by molar-refractivity contribution is 5.68. The Labute approximate surface area is 92.8 Å². The minimum Gasteiger partial charge on any atom is -0.494 e. The summed E-state index contributed by atoms with van der Waals surface area (Å²) in [4.78, 5) is 10.6. The largest absolute Gasteiger partial charge is 0.494 e. The first-order valence-electron chi connectivity index (χ1n) is 4.71. The highest BCUT2D eigenvalue weighted by Crippen LogP contribution is 2.26. The lowest BCUT2D eigenvalue weighted by molar-refractivity contribution is -0.138. The van der Waals surface area contributed by atoms with E-state index in [9.17, 15) is 9.18 Å². The number of carboxylic acids is 1. The minimum atomic E-state index is -1.10. The minimum absolute atomic E-state index is 0.106. The van der Waals surface area contributed by atoms with E-state index in [4.69, 9.17) is 15.6 Å². The van der Waals surface area contributed by atoms with Gasteiger partial charge in [-0.15, -0.1) is 0 Å². The van der Waals surface area contributed by atoms with Gasteiger partial charge in [-0.3, -0.25) is 4.79 Å². The Balaban J connectivity index is 3.04. The van der Waals surface area contributed by atoms with Crippen LogP contribution in [0.15, 0.2) is 18.2 Å². The van der Waals surface area contributed by atoms with Gasteiger partial charge in [-0.25, -0.2) is 4.39 Å². The Morgan fingerprint density at radius 3 is 2.69 bits per heavy atom.